The Balaban J connectivity index is 1.07. The predicted octanol–water partition coefficient (Wildman–Crippen LogP) is 10.9. The van der Waals surface area contributed by atoms with Gasteiger partial charge >= 0.3 is 0 Å². The Morgan fingerprint density at radius 1 is 0.327 bits per heavy atom. The SMILES string of the molecule is CCCCCCc1cc(Cc2ccc(Cc3ccc(Cc4ccc(N)cc4)cc3)cc2)ccc1Cc1ccc(Cc2ccc(N)cc2)cc1. The van der Waals surface area contributed by atoms with E-state index in [4.69, 9.17) is 11.5 Å². The summed E-state index contributed by atoms with van der Waals surface area (Å²) in [6.45, 7) is 2.29. The van der Waals surface area contributed by atoms with Gasteiger partial charge in [-0.15, -0.1) is 0 Å². The second-order valence-electron chi connectivity index (χ2n) is 13.7. The maximum absolute atomic E-state index is 5.87. The zero-order valence-electron chi connectivity index (χ0n) is 29.0. The molecule has 6 aromatic carbocycles. The molecule has 49 heavy (non-hydrogen) atoms. The van der Waals surface area contributed by atoms with Gasteiger partial charge in [-0.25, -0.2) is 0 Å². The van der Waals surface area contributed by atoms with Gasteiger partial charge in [-0.05, 0) is 130 Å². The van der Waals surface area contributed by atoms with Crippen LogP contribution in [-0.2, 0) is 38.5 Å². The summed E-state index contributed by atoms with van der Waals surface area (Å²) in [5.41, 5.74) is 28.4. The summed E-state index contributed by atoms with van der Waals surface area (Å²) in [5.74, 6) is 0. The van der Waals surface area contributed by atoms with E-state index < -0.39 is 0 Å². The average molecular weight is 643 g/mol. The van der Waals surface area contributed by atoms with Crippen molar-refractivity contribution in [2.24, 2.45) is 0 Å². The Labute approximate surface area is 293 Å². The van der Waals surface area contributed by atoms with E-state index in [0.717, 1.165) is 49.9 Å². The summed E-state index contributed by atoms with van der Waals surface area (Å²) < 4.78 is 0. The van der Waals surface area contributed by atoms with Crippen LogP contribution in [0, 0.1) is 0 Å². The molecule has 6 aromatic rings. The Morgan fingerprint density at radius 2 is 0.653 bits per heavy atom. The number of benzene rings is 6. The quantitative estimate of drug-likeness (QED) is 0.0865. The van der Waals surface area contributed by atoms with E-state index in [-0.39, 0.29) is 0 Å². The fourth-order valence-electron chi connectivity index (χ4n) is 6.70. The highest BCUT2D eigenvalue weighted by Crippen LogP contribution is 2.23. The standard InChI is InChI=1S/C47H50N2/c1-2-3-4-5-6-44-34-43(19-24-45(44)33-42-17-15-38(16-18-42)31-41-22-27-47(49)28-23-41)32-39-13-11-36(12-14-39)29-35-7-9-37(10-8-35)30-40-20-25-46(48)26-21-40/h7-28,34H,2-6,29-33,48-49H2,1H3. The van der Waals surface area contributed by atoms with Crippen molar-refractivity contribution >= 4 is 11.4 Å². The van der Waals surface area contributed by atoms with Crippen molar-refractivity contribution in [3.8, 4) is 0 Å². The van der Waals surface area contributed by atoms with E-state index in [0.29, 0.717) is 0 Å². The fraction of sp³-hybridized carbons (Fsp3) is 0.234. The van der Waals surface area contributed by atoms with Crippen LogP contribution in [-0.4, -0.2) is 0 Å². The molecule has 0 spiro atoms. The zero-order valence-corrected chi connectivity index (χ0v) is 29.0. The van der Waals surface area contributed by atoms with Gasteiger partial charge < -0.3 is 11.5 Å². The molecule has 0 saturated carbocycles. The topological polar surface area (TPSA) is 52.0 Å². The van der Waals surface area contributed by atoms with Gasteiger partial charge in [0.25, 0.3) is 0 Å². The molecule has 6 rings (SSSR count). The van der Waals surface area contributed by atoms with E-state index in [1.165, 1.54) is 86.9 Å². The number of aryl methyl sites for hydroxylation is 1. The van der Waals surface area contributed by atoms with Gasteiger partial charge in [0, 0.05) is 11.4 Å². The first kappa shape index (κ1) is 33.8. The maximum atomic E-state index is 5.87. The molecular formula is C47H50N2. The lowest BCUT2D eigenvalue weighted by atomic mass is 9.92. The summed E-state index contributed by atoms with van der Waals surface area (Å²) in [6, 6.07) is 51.0. The molecule has 0 aliphatic carbocycles. The van der Waals surface area contributed by atoms with Crippen LogP contribution in [0.4, 0.5) is 11.4 Å². The summed E-state index contributed by atoms with van der Waals surface area (Å²) in [5, 5.41) is 0. The minimum atomic E-state index is 0.811. The molecule has 2 nitrogen and oxygen atoms in total. The number of unbranched alkanes of at least 4 members (excludes halogenated alkanes) is 3. The van der Waals surface area contributed by atoms with E-state index in [1.807, 2.05) is 24.3 Å². The summed E-state index contributed by atoms with van der Waals surface area (Å²) in [7, 11) is 0. The third kappa shape index (κ3) is 10.2. The average Bonchev–Trinajstić information content (AvgIpc) is 3.12. The van der Waals surface area contributed by atoms with Crippen molar-refractivity contribution in [1.82, 2.24) is 0 Å². The molecular weight excluding hydrogens is 593 g/mol. The first-order valence-corrected chi connectivity index (χ1v) is 18.0. The Hall–Kier alpha value is -5.08. The summed E-state index contributed by atoms with van der Waals surface area (Å²) >= 11 is 0. The van der Waals surface area contributed by atoms with Crippen molar-refractivity contribution in [2.45, 2.75) is 71.1 Å². The molecule has 2 heteroatoms. The second kappa shape index (κ2) is 16.8. The van der Waals surface area contributed by atoms with Gasteiger partial charge in [0.05, 0.1) is 0 Å². The maximum Gasteiger partial charge on any atom is 0.0314 e. The van der Waals surface area contributed by atoms with Crippen molar-refractivity contribution in [3.63, 3.8) is 0 Å². The number of nitrogen functional groups attached to an aromatic ring is 2. The lowest BCUT2D eigenvalue weighted by molar-refractivity contribution is 0.665. The van der Waals surface area contributed by atoms with Gasteiger partial charge in [-0.3, -0.25) is 0 Å². The highest BCUT2D eigenvalue weighted by atomic mass is 14.5. The van der Waals surface area contributed by atoms with E-state index in [9.17, 15) is 0 Å². The van der Waals surface area contributed by atoms with E-state index >= 15 is 0 Å². The lowest BCUT2D eigenvalue weighted by Crippen LogP contribution is -2.00. The normalized spacial score (nSPS) is 11.1. The molecule has 0 radical (unpaired) electrons. The second-order valence-corrected chi connectivity index (χ2v) is 13.7. The molecule has 0 atom stereocenters. The summed E-state index contributed by atoms with van der Waals surface area (Å²) in [4.78, 5) is 0. The first-order chi connectivity index (χ1) is 24.0. The van der Waals surface area contributed by atoms with Crippen LogP contribution < -0.4 is 11.5 Å². The number of hydrogen-bond acceptors (Lipinski definition) is 2. The minimum Gasteiger partial charge on any atom is -0.399 e. The van der Waals surface area contributed by atoms with Gasteiger partial charge in [0.1, 0.15) is 0 Å². The van der Waals surface area contributed by atoms with Gasteiger partial charge in [0.2, 0.25) is 0 Å². The third-order valence-electron chi connectivity index (χ3n) is 9.63. The van der Waals surface area contributed by atoms with Gasteiger partial charge in [-0.2, -0.15) is 0 Å². The minimum absolute atomic E-state index is 0.811. The van der Waals surface area contributed by atoms with Gasteiger partial charge in [0.15, 0.2) is 0 Å². The Kier molecular flexibility index (Phi) is 11.6. The lowest BCUT2D eigenvalue weighted by Gasteiger charge is -2.14. The molecule has 0 aliphatic rings. The van der Waals surface area contributed by atoms with Crippen LogP contribution >= 0.6 is 0 Å². The number of anilines is 2. The Morgan fingerprint density at radius 3 is 1.04 bits per heavy atom. The molecule has 4 N–H and O–H groups in total. The number of rotatable bonds is 15. The van der Waals surface area contributed by atoms with Crippen LogP contribution in [0.5, 0.6) is 0 Å². The van der Waals surface area contributed by atoms with Crippen LogP contribution in [0.25, 0.3) is 0 Å². The third-order valence-corrected chi connectivity index (χ3v) is 9.63. The van der Waals surface area contributed by atoms with Crippen molar-refractivity contribution in [2.75, 3.05) is 11.5 Å². The number of nitrogens with two attached hydrogens (primary N) is 2. The number of hydrogen-bond donors (Lipinski definition) is 2. The zero-order chi connectivity index (χ0) is 33.8. The molecule has 0 heterocycles. The van der Waals surface area contributed by atoms with Crippen molar-refractivity contribution in [3.05, 3.63) is 201 Å². The summed E-state index contributed by atoms with van der Waals surface area (Å²) in [6.07, 6.45) is 11.0. The van der Waals surface area contributed by atoms with Crippen LogP contribution in [0.2, 0.25) is 0 Å². The van der Waals surface area contributed by atoms with Crippen molar-refractivity contribution in [1.29, 1.82) is 0 Å². The molecule has 248 valence electrons. The van der Waals surface area contributed by atoms with Crippen molar-refractivity contribution < 1.29 is 0 Å². The molecule has 0 amide bonds. The largest absolute Gasteiger partial charge is 0.399 e. The van der Waals surface area contributed by atoms with E-state index in [1.54, 1.807) is 0 Å². The first-order valence-electron chi connectivity index (χ1n) is 18.0. The fourth-order valence-corrected chi connectivity index (χ4v) is 6.70. The van der Waals surface area contributed by atoms with Gasteiger partial charge in [-0.1, -0.05) is 141 Å². The monoisotopic (exact) mass is 642 g/mol. The Bertz CT molecular complexity index is 1880. The molecule has 0 unspecified atom stereocenters. The van der Waals surface area contributed by atoms with E-state index in [2.05, 4.69) is 122 Å². The molecule has 0 aliphatic heterocycles. The van der Waals surface area contributed by atoms with Crippen LogP contribution in [0.15, 0.2) is 140 Å². The smallest absolute Gasteiger partial charge is 0.0314 e. The predicted molar refractivity (Wildman–Crippen MR) is 209 cm³/mol. The molecule has 0 saturated heterocycles. The van der Waals surface area contributed by atoms with Crippen LogP contribution in [0.3, 0.4) is 0 Å². The molecule has 0 bridgehead atoms. The highest BCUT2D eigenvalue weighted by molar-refractivity contribution is 5.43. The highest BCUT2D eigenvalue weighted by Gasteiger charge is 2.08. The molecule has 0 fully saturated rings. The van der Waals surface area contributed by atoms with Crippen LogP contribution in [0.1, 0.15) is 93.8 Å². The molecule has 0 aromatic heterocycles.